The van der Waals surface area contributed by atoms with Crippen molar-refractivity contribution in [3.05, 3.63) is 33.9 Å². The van der Waals surface area contributed by atoms with E-state index in [1.54, 1.807) is 0 Å². The molecule has 0 spiro atoms. The smallest absolute Gasteiger partial charge is 0.280 e. The lowest BCUT2D eigenvalue weighted by molar-refractivity contribution is -0.385. The van der Waals surface area contributed by atoms with Crippen LogP contribution >= 0.6 is 0 Å². The second-order valence-corrected chi connectivity index (χ2v) is 3.72. The molecule has 0 bridgehead atoms. The summed E-state index contributed by atoms with van der Waals surface area (Å²) >= 11 is 0. The minimum Gasteiger partial charge on any atom is -0.486 e. The fourth-order valence-electron chi connectivity index (χ4n) is 1.65. The van der Waals surface area contributed by atoms with Crippen molar-refractivity contribution in [2.24, 2.45) is 0 Å². The SMILES string of the molecule is CC(=O)/C=C/c1c([N+](=O)[O-])ccc2c1OCCO2. The zero-order chi connectivity index (χ0) is 13.1. The first-order valence-electron chi connectivity index (χ1n) is 5.35. The summed E-state index contributed by atoms with van der Waals surface area (Å²) in [5.74, 6) is 0.571. The summed E-state index contributed by atoms with van der Waals surface area (Å²) in [6.45, 7) is 2.10. The largest absolute Gasteiger partial charge is 0.486 e. The standard InChI is InChI=1S/C12H11NO5/c1-8(14)2-3-9-10(13(15)16)4-5-11-12(9)18-7-6-17-11/h2-5H,6-7H2,1H3/b3-2+. The number of ketones is 1. The number of nitrogens with zero attached hydrogens (tertiary/aromatic N) is 1. The summed E-state index contributed by atoms with van der Waals surface area (Å²) in [4.78, 5) is 21.4. The zero-order valence-corrected chi connectivity index (χ0v) is 9.71. The number of allylic oxidation sites excluding steroid dienone is 1. The maximum absolute atomic E-state index is 10.9. The molecule has 0 N–H and O–H groups in total. The molecule has 0 saturated heterocycles. The van der Waals surface area contributed by atoms with Gasteiger partial charge in [0.1, 0.15) is 13.2 Å². The third kappa shape index (κ3) is 2.32. The molecule has 0 aromatic heterocycles. The number of ether oxygens (including phenoxy) is 2. The van der Waals surface area contributed by atoms with Crippen molar-refractivity contribution < 1.29 is 19.2 Å². The van der Waals surface area contributed by atoms with E-state index in [0.29, 0.717) is 24.7 Å². The van der Waals surface area contributed by atoms with Crippen molar-refractivity contribution in [1.29, 1.82) is 0 Å². The molecule has 6 heteroatoms. The van der Waals surface area contributed by atoms with Gasteiger partial charge in [0, 0.05) is 6.07 Å². The Hall–Kier alpha value is -2.37. The molecule has 0 atom stereocenters. The van der Waals surface area contributed by atoms with E-state index in [1.165, 1.54) is 31.2 Å². The van der Waals surface area contributed by atoms with E-state index in [9.17, 15) is 14.9 Å². The minimum absolute atomic E-state index is 0.114. The van der Waals surface area contributed by atoms with Crippen LogP contribution in [0.25, 0.3) is 6.08 Å². The highest BCUT2D eigenvalue weighted by Crippen LogP contribution is 2.39. The zero-order valence-electron chi connectivity index (χ0n) is 9.71. The summed E-state index contributed by atoms with van der Waals surface area (Å²) in [7, 11) is 0. The Kier molecular flexibility index (Phi) is 3.27. The van der Waals surface area contributed by atoms with E-state index in [2.05, 4.69) is 0 Å². The predicted molar refractivity (Wildman–Crippen MR) is 63.8 cm³/mol. The number of nitro groups is 1. The summed E-state index contributed by atoms with van der Waals surface area (Å²) in [6, 6.07) is 2.84. The second kappa shape index (κ2) is 4.87. The Labute approximate surface area is 103 Å². The van der Waals surface area contributed by atoms with Crippen LogP contribution in [0.4, 0.5) is 5.69 Å². The molecule has 94 valence electrons. The molecule has 1 heterocycles. The van der Waals surface area contributed by atoms with Crippen LogP contribution in [-0.4, -0.2) is 23.9 Å². The van der Waals surface area contributed by atoms with Gasteiger partial charge in [0.05, 0.1) is 10.5 Å². The van der Waals surface area contributed by atoms with Gasteiger partial charge in [-0.3, -0.25) is 14.9 Å². The number of fused-ring (bicyclic) bond motifs is 1. The molecule has 18 heavy (non-hydrogen) atoms. The third-order valence-corrected chi connectivity index (χ3v) is 2.41. The topological polar surface area (TPSA) is 78.7 Å². The predicted octanol–water partition coefficient (Wildman–Crippen LogP) is 1.97. The Morgan fingerprint density at radius 1 is 1.39 bits per heavy atom. The lowest BCUT2D eigenvalue weighted by Gasteiger charge is -2.19. The lowest BCUT2D eigenvalue weighted by atomic mass is 10.1. The lowest BCUT2D eigenvalue weighted by Crippen LogP contribution is -2.16. The van der Waals surface area contributed by atoms with Crippen LogP contribution in [0.2, 0.25) is 0 Å². The minimum atomic E-state index is -0.516. The molecule has 1 aliphatic heterocycles. The first kappa shape index (κ1) is 12.1. The maximum atomic E-state index is 10.9. The Morgan fingerprint density at radius 3 is 2.78 bits per heavy atom. The van der Waals surface area contributed by atoms with Crippen LogP contribution in [0, 0.1) is 10.1 Å². The first-order valence-corrected chi connectivity index (χ1v) is 5.35. The summed E-state index contributed by atoms with van der Waals surface area (Å²) < 4.78 is 10.7. The van der Waals surface area contributed by atoms with Crippen LogP contribution in [0.3, 0.4) is 0 Å². The number of hydrogen-bond donors (Lipinski definition) is 0. The maximum Gasteiger partial charge on any atom is 0.280 e. The Balaban J connectivity index is 2.56. The van der Waals surface area contributed by atoms with Crippen molar-refractivity contribution in [2.45, 2.75) is 6.92 Å². The Morgan fingerprint density at radius 2 is 2.11 bits per heavy atom. The number of carbonyl (C=O) groups excluding carboxylic acids is 1. The van der Waals surface area contributed by atoms with Gasteiger partial charge >= 0.3 is 0 Å². The van der Waals surface area contributed by atoms with Gasteiger partial charge in [0.2, 0.25) is 0 Å². The van der Waals surface area contributed by atoms with Gasteiger partial charge < -0.3 is 9.47 Å². The highest BCUT2D eigenvalue weighted by atomic mass is 16.6. The van der Waals surface area contributed by atoms with Crippen LogP contribution in [-0.2, 0) is 4.79 Å². The quantitative estimate of drug-likeness (QED) is 0.465. The monoisotopic (exact) mass is 249 g/mol. The van der Waals surface area contributed by atoms with E-state index < -0.39 is 4.92 Å². The summed E-state index contributed by atoms with van der Waals surface area (Å²) in [6.07, 6.45) is 2.65. The number of carbonyl (C=O) groups is 1. The molecule has 0 unspecified atom stereocenters. The summed E-state index contributed by atoms with van der Waals surface area (Å²) in [5, 5.41) is 10.9. The van der Waals surface area contributed by atoms with Crippen molar-refractivity contribution in [3.8, 4) is 11.5 Å². The van der Waals surface area contributed by atoms with E-state index in [0.717, 1.165) is 0 Å². The van der Waals surface area contributed by atoms with Crippen molar-refractivity contribution in [1.82, 2.24) is 0 Å². The van der Waals surface area contributed by atoms with Gasteiger partial charge in [0.15, 0.2) is 17.3 Å². The van der Waals surface area contributed by atoms with Gasteiger partial charge in [-0.1, -0.05) is 0 Å². The third-order valence-electron chi connectivity index (χ3n) is 2.41. The number of hydrogen-bond acceptors (Lipinski definition) is 5. The van der Waals surface area contributed by atoms with E-state index in [1.807, 2.05) is 0 Å². The molecule has 2 rings (SSSR count). The number of nitro benzene ring substituents is 1. The van der Waals surface area contributed by atoms with Gasteiger partial charge in [-0.15, -0.1) is 0 Å². The molecule has 1 aromatic rings. The van der Waals surface area contributed by atoms with E-state index in [-0.39, 0.29) is 17.0 Å². The molecule has 0 amide bonds. The van der Waals surface area contributed by atoms with Crippen molar-refractivity contribution in [3.63, 3.8) is 0 Å². The molecule has 0 saturated carbocycles. The first-order chi connectivity index (χ1) is 8.59. The van der Waals surface area contributed by atoms with Gasteiger partial charge in [-0.2, -0.15) is 0 Å². The van der Waals surface area contributed by atoms with E-state index >= 15 is 0 Å². The highest BCUT2D eigenvalue weighted by Gasteiger charge is 2.23. The van der Waals surface area contributed by atoms with Crippen LogP contribution < -0.4 is 9.47 Å². The fraction of sp³-hybridized carbons (Fsp3) is 0.250. The summed E-state index contributed by atoms with van der Waals surface area (Å²) in [5.41, 5.74) is 0.143. The average Bonchev–Trinajstić information content (AvgIpc) is 2.35. The normalized spacial score (nSPS) is 13.6. The van der Waals surface area contributed by atoms with Crippen LogP contribution in [0.1, 0.15) is 12.5 Å². The van der Waals surface area contributed by atoms with Gasteiger partial charge in [-0.25, -0.2) is 0 Å². The van der Waals surface area contributed by atoms with E-state index in [4.69, 9.17) is 9.47 Å². The molecule has 0 radical (unpaired) electrons. The molecule has 6 nitrogen and oxygen atoms in total. The molecule has 1 aromatic carbocycles. The second-order valence-electron chi connectivity index (χ2n) is 3.72. The van der Waals surface area contributed by atoms with Crippen LogP contribution in [0.5, 0.6) is 11.5 Å². The Bertz CT molecular complexity index is 536. The van der Waals surface area contributed by atoms with Crippen molar-refractivity contribution in [2.75, 3.05) is 13.2 Å². The molecular weight excluding hydrogens is 238 g/mol. The highest BCUT2D eigenvalue weighted by molar-refractivity contribution is 5.93. The number of rotatable bonds is 3. The molecule has 1 aliphatic rings. The number of benzene rings is 1. The van der Waals surface area contributed by atoms with Crippen LogP contribution in [0.15, 0.2) is 18.2 Å². The van der Waals surface area contributed by atoms with Gasteiger partial charge in [0.25, 0.3) is 5.69 Å². The van der Waals surface area contributed by atoms with Gasteiger partial charge in [-0.05, 0) is 25.1 Å². The average molecular weight is 249 g/mol. The molecule has 0 aliphatic carbocycles. The van der Waals surface area contributed by atoms with Crippen molar-refractivity contribution >= 4 is 17.5 Å². The molecular formula is C12H11NO5. The fourth-order valence-corrected chi connectivity index (χ4v) is 1.65. The molecule has 0 fully saturated rings.